The van der Waals surface area contributed by atoms with Crippen molar-refractivity contribution in [2.24, 2.45) is 0 Å². The fourth-order valence-corrected chi connectivity index (χ4v) is 4.42. The topological polar surface area (TPSA) is 97.1 Å². The van der Waals surface area contributed by atoms with Crippen LogP contribution in [0.25, 0.3) is 0 Å². The van der Waals surface area contributed by atoms with Crippen LogP contribution in [-0.4, -0.2) is 36.1 Å². The number of halogens is 1. The molecule has 0 bridgehead atoms. The SMILES string of the molecule is CCOC(C)(OCC)C(C)(CC(C[N+](=O)[O-])c1ccc(Cl)c(OCc2ccccc2)c1)OP=O. The largest absolute Gasteiger partial charge is 0.487 e. The van der Waals surface area contributed by atoms with Gasteiger partial charge in [0.15, 0.2) is 5.79 Å². The van der Waals surface area contributed by atoms with Crippen molar-refractivity contribution >= 4 is 20.3 Å². The van der Waals surface area contributed by atoms with E-state index in [4.69, 9.17) is 30.3 Å². The zero-order valence-corrected chi connectivity index (χ0v) is 21.5. The third-order valence-corrected chi connectivity index (χ3v) is 6.50. The minimum Gasteiger partial charge on any atom is -0.487 e. The Balaban J connectivity index is 2.39. The number of benzene rings is 2. The molecule has 0 aliphatic heterocycles. The van der Waals surface area contributed by atoms with Gasteiger partial charge in [0.05, 0.1) is 10.9 Å². The number of nitrogens with zero attached hydrogens (tertiary/aromatic N) is 1. The van der Waals surface area contributed by atoms with E-state index in [-0.39, 0.29) is 13.0 Å². The van der Waals surface area contributed by atoms with Crippen molar-refractivity contribution in [3.8, 4) is 5.75 Å². The fourth-order valence-electron chi connectivity index (χ4n) is 3.84. The Hall–Kier alpha value is -2.09. The van der Waals surface area contributed by atoms with Crippen molar-refractivity contribution in [1.82, 2.24) is 0 Å². The molecular formula is C24H31ClNO7P. The van der Waals surface area contributed by atoms with Crippen LogP contribution in [0, 0.1) is 10.1 Å². The summed E-state index contributed by atoms with van der Waals surface area (Å²) in [6.45, 7) is 7.50. The molecule has 34 heavy (non-hydrogen) atoms. The number of ether oxygens (including phenoxy) is 3. The first-order valence-corrected chi connectivity index (χ1v) is 12.2. The van der Waals surface area contributed by atoms with E-state index in [1.54, 1.807) is 45.9 Å². The van der Waals surface area contributed by atoms with Gasteiger partial charge in [0.2, 0.25) is 6.54 Å². The molecule has 0 saturated carbocycles. The highest BCUT2D eigenvalue weighted by atomic mass is 35.5. The standard InChI is InChI=1S/C24H31ClNO7P/c1-5-31-24(4,32-6-2)23(3,33-34-29)15-20(16-26(27)28)19-12-13-21(25)22(14-19)30-17-18-10-8-7-9-11-18/h7-14,20H,5-6,15-17H2,1-4H3. The first-order chi connectivity index (χ1) is 16.2. The maximum absolute atomic E-state index is 11.6. The smallest absolute Gasteiger partial charge is 0.328 e. The molecule has 0 spiro atoms. The molecule has 0 saturated heterocycles. The molecule has 2 aromatic rings. The highest BCUT2D eigenvalue weighted by molar-refractivity contribution is 7.17. The first-order valence-electron chi connectivity index (χ1n) is 11.0. The maximum Gasteiger partial charge on any atom is 0.328 e. The van der Waals surface area contributed by atoms with Gasteiger partial charge in [-0.25, -0.2) is 4.57 Å². The third-order valence-electron chi connectivity index (χ3n) is 5.71. The van der Waals surface area contributed by atoms with E-state index in [0.717, 1.165) is 5.56 Å². The van der Waals surface area contributed by atoms with Crippen molar-refractivity contribution in [2.75, 3.05) is 19.8 Å². The number of nitro groups is 1. The van der Waals surface area contributed by atoms with E-state index in [1.165, 1.54) is 0 Å². The second-order valence-corrected chi connectivity index (χ2v) is 8.83. The number of hydrogen-bond acceptors (Lipinski definition) is 7. The van der Waals surface area contributed by atoms with Crippen molar-refractivity contribution in [3.05, 3.63) is 74.8 Å². The summed E-state index contributed by atoms with van der Waals surface area (Å²) in [5.74, 6) is -1.50. The average molecular weight is 512 g/mol. The predicted molar refractivity (Wildman–Crippen MR) is 130 cm³/mol. The van der Waals surface area contributed by atoms with Crippen molar-refractivity contribution in [1.29, 1.82) is 0 Å². The molecule has 0 radical (unpaired) electrons. The summed E-state index contributed by atoms with van der Waals surface area (Å²) in [4.78, 5) is 11.2. The molecule has 0 aliphatic rings. The lowest BCUT2D eigenvalue weighted by molar-refractivity contribution is -0.484. The molecule has 0 aromatic heterocycles. The highest BCUT2D eigenvalue weighted by Gasteiger charge is 2.50. The van der Waals surface area contributed by atoms with Crippen LogP contribution in [0.4, 0.5) is 0 Å². The van der Waals surface area contributed by atoms with Crippen molar-refractivity contribution in [2.45, 2.75) is 58.0 Å². The summed E-state index contributed by atoms with van der Waals surface area (Å²) in [6.07, 6.45) is 0.0967. The van der Waals surface area contributed by atoms with Gasteiger partial charge in [0, 0.05) is 18.1 Å². The van der Waals surface area contributed by atoms with E-state index < -0.39 is 30.9 Å². The van der Waals surface area contributed by atoms with Gasteiger partial charge in [0.1, 0.15) is 18.0 Å². The second-order valence-electron chi connectivity index (χ2n) is 8.09. The Labute approximate surface area is 206 Å². The van der Waals surface area contributed by atoms with Gasteiger partial charge in [-0.1, -0.05) is 48.0 Å². The van der Waals surface area contributed by atoms with E-state index in [2.05, 4.69) is 0 Å². The summed E-state index contributed by atoms with van der Waals surface area (Å²) >= 11 is 6.34. The molecule has 2 unspecified atom stereocenters. The van der Waals surface area contributed by atoms with Crippen LogP contribution in [0.1, 0.15) is 51.2 Å². The molecule has 2 atom stereocenters. The minimum absolute atomic E-state index is 0.0967. The Bertz CT molecular complexity index is 940. The average Bonchev–Trinajstić information content (AvgIpc) is 2.79. The molecule has 0 aliphatic carbocycles. The molecule has 10 heteroatoms. The fraction of sp³-hybridized carbons (Fsp3) is 0.500. The number of rotatable bonds is 15. The lowest BCUT2D eigenvalue weighted by Crippen LogP contribution is -2.55. The second kappa shape index (κ2) is 13.1. The Morgan fingerprint density at radius 3 is 2.29 bits per heavy atom. The molecule has 186 valence electrons. The molecule has 0 N–H and O–H groups in total. The molecule has 2 rings (SSSR count). The molecular weight excluding hydrogens is 481 g/mol. The molecule has 0 amide bonds. The Kier molecular flexibility index (Phi) is 10.9. The quantitative estimate of drug-likeness (QED) is 0.117. The predicted octanol–water partition coefficient (Wildman–Crippen LogP) is 6.44. The van der Waals surface area contributed by atoms with Gasteiger partial charge in [-0.3, -0.25) is 14.6 Å². The third kappa shape index (κ3) is 7.45. The van der Waals surface area contributed by atoms with Crippen molar-refractivity contribution < 1.29 is 28.2 Å². The zero-order valence-electron chi connectivity index (χ0n) is 19.9. The first kappa shape index (κ1) is 28.1. The van der Waals surface area contributed by atoms with E-state index in [9.17, 15) is 14.7 Å². The van der Waals surface area contributed by atoms with Crippen LogP contribution in [0.15, 0.2) is 48.5 Å². The van der Waals surface area contributed by atoms with E-state index >= 15 is 0 Å². The van der Waals surface area contributed by atoms with Crippen LogP contribution in [0.5, 0.6) is 5.75 Å². The molecule has 8 nitrogen and oxygen atoms in total. The summed E-state index contributed by atoms with van der Waals surface area (Å²) in [7, 11) is -0.586. The normalized spacial score (nSPS) is 14.5. The van der Waals surface area contributed by atoms with E-state index in [0.29, 0.717) is 36.2 Å². The maximum atomic E-state index is 11.6. The van der Waals surface area contributed by atoms with Crippen molar-refractivity contribution in [3.63, 3.8) is 0 Å². The van der Waals surface area contributed by atoms with Gasteiger partial charge < -0.3 is 14.2 Å². The minimum atomic E-state index is -1.29. The molecule has 0 fully saturated rings. The molecule has 0 heterocycles. The lowest BCUT2D eigenvalue weighted by atomic mass is 9.82. The van der Waals surface area contributed by atoms with Crippen LogP contribution < -0.4 is 4.74 Å². The lowest BCUT2D eigenvalue weighted by Gasteiger charge is -2.44. The van der Waals surface area contributed by atoms with Crippen LogP contribution in [-0.2, 0) is 25.2 Å². The van der Waals surface area contributed by atoms with Gasteiger partial charge in [-0.15, -0.1) is 0 Å². The van der Waals surface area contributed by atoms with Gasteiger partial charge in [0.25, 0.3) is 0 Å². The summed E-state index contributed by atoms with van der Waals surface area (Å²) < 4.78 is 34.7. The van der Waals surface area contributed by atoms with Crippen LogP contribution in [0.3, 0.4) is 0 Å². The molecule has 2 aromatic carbocycles. The monoisotopic (exact) mass is 511 g/mol. The Morgan fingerprint density at radius 1 is 1.09 bits per heavy atom. The Morgan fingerprint density at radius 2 is 1.74 bits per heavy atom. The van der Waals surface area contributed by atoms with Gasteiger partial charge in [-0.2, -0.15) is 0 Å². The summed E-state index contributed by atoms with van der Waals surface area (Å²) in [6, 6.07) is 14.7. The van der Waals surface area contributed by atoms with Gasteiger partial charge >= 0.3 is 8.69 Å². The summed E-state index contributed by atoms with van der Waals surface area (Å²) in [5.41, 5.74) is 0.329. The number of hydrogen-bond donors (Lipinski definition) is 0. The highest BCUT2D eigenvalue weighted by Crippen LogP contribution is 2.42. The zero-order chi connectivity index (χ0) is 25.2. The van der Waals surface area contributed by atoms with Gasteiger partial charge in [-0.05, 0) is 57.4 Å². The summed E-state index contributed by atoms with van der Waals surface area (Å²) in [5, 5.41) is 12.0. The van der Waals surface area contributed by atoms with E-state index in [1.807, 2.05) is 30.3 Å². The van der Waals surface area contributed by atoms with Crippen LogP contribution >= 0.6 is 20.3 Å². The van der Waals surface area contributed by atoms with Crippen LogP contribution in [0.2, 0.25) is 5.02 Å².